The SMILES string of the molecule is N/C(=N/O)c1ccc(CSc2cccc(F)c2)c(F)c1. The first-order valence-corrected chi connectivity index (χ1v) is 6.73. The summed E-state index contributed by atoms with van der Waals surface area (Å²) >= 11 is 1.33. The van der Waals surface area contributed by atoms with Crippen LogP contribution in [0.3, 0.4) is 0 Å². The maximum atomic E-state index is 13.8. The second kappa shape index (κ2) is 6.38. The first-order chi connectivity index (χ1) is 9.60. The monoisotopic (exact) mass is 294 g/mol. The minimum absolute atomic E-state index is 0.145. The van der Waals surface area contributed by atoms with Crippen LogP contribution in [0.1, 0.15) is 11.1 Å². The highest BCUT2D eigenvalue weighted by Crippen LogP contribution is 2.25. The zero-order chi connectivity index (χ0) is 14.5. The highest BCUT2D eigenvalue weighted by molar-refractivity contribution is 7.98. The lowest BCUT2D eigenvalue weighted by molar-refractivity contribution is 0.318. The molecule has 0 atom stereocenters. The molecule has 0 aliphatic rings. The fraction of sp³-hybridized carbons (Fsp3) is 0.0714. The molecule has 104 valence electrons. The molecule has 0 aliphatic heterocycles. The van der Waals surface area contributed by atoms with Gasteiger partial charge in [0.15, 0.2) is 5.84 Å². The van der Waals surface area contributed by atoms with Crippen molar-refractivity contribution in [1.29, 1.82) is 0 Å². The summed E-state index contributed by atoms with van der Waals surface area (Å²) < 4.78 is 26.9. The Balaban J connectivity index is 2.11. The lowest BCUT2D eigenvalue weighted by Gasteiger charge is -2.06. The van der Waals surface area contributed by atoms with Crippen molar-refractivity contribution in [2.75, 3.05) is 0 Å². The molecule has 6 heteroatoms. The fourth-order valence-corrected chi connectivity index (χ4v) is 2.53. The zero-order valence-electron chi connectivity index (χ0n) is 10.4. The van der Waals surface area contributed by atoms with E-state index in [1.54, 1.807) is 24.3 Å². The number of nitrogens with two attached hydrogens (primary N) is 1. The highest BCUT2D eigenvalue weighted by Gasteiger charge is 2.07. The van der Waals surface area contributed by atoms with E-state index in [1.165, 1.54) is 30.0 Å². The number of benzene rings is 2. The molecule has 0 amide bonds. The van der Waals surface area contributed by atoms with Gasteiger partial charge in [0.25, 0.3) is 0 Å². The minimum Gasteiger partial charge on any atom is -0.409 e. The molecule has 20 heavy (non-hydrogen) atoms. The van der Waals surface area contributed by atoms with Crippen LogP contribution in [-0.4, -0.2) is 11.0 Å². The summed E-state index contributed by atoms with van der Waals surface area (Å²) in [5.41, 5.74) is 6.16. The number of thioether (sulfide) groups is 1. The van der Waals surface area contributed by atoms with Crippen molar-refractivity contribution in [2.45, 2.75) is 10.6 Å². The van der Waals surface area contributed by atoms with Gasteiger partial charge < -0.3 is 10.9 Å². The van der Waals surface area contributed by atoms with Crippen LogP contribution < -0.4 is 5.73 Å². The summed E-state index contributed by atoms with van der Waals surface area (Å²) in [5.74, 6) is -0.546. The molecule has 0 aliphatic carbocycles. The Morgan fingerprint density at radius 1 is 1.20 bits per heavy atom. The molecule has 0 fully saturated rings. The summed E-state index contributed by atoms with van der Waals surface area (Å²) in [6.07, 6.45) is 0. The van der Waals surface area contributed by atoms with Gasteiger partial charge in [0.2, 0.25) is 0 Å². The van der Waals surface area contributed by atoms with E-state index in [2.05, 4.69) is 5.16 Å². The first kappa shape index (κ1) is 14.3. The van der Waals surface area contributed by atoms with Crippen LogP contribution in [0, 0.1) is 11.6 Å². The van der Waals surface area contributed by atoms with Crippen LogP contribution in [-0.2, 0) is 5.75 Å². The van der Waals surface area contributed by atoms with Crippen molar-refractivity contribution < 1.29 is 14.0 Å². The van der Waals surface area contributed by atoms with Crippen LogP contribution in [0.5, 0.6) is 0 Å². The molecular weight excluding hydrogens is 282 g/mol. The molecule has 2 rings (SSSR count). The van der Waals surface area contributed by atoms with Crippen molar-refractivity contribution in [2.24, 2.45) is 10.9 Å². The lowest BCUT2D eigenvalue weighted by Crippen LogP contribution is -2.13. The third-order valence-electron chi connectivity index (χ3n) is 2.65. The maximum absolute atomic E-state index is 13.8. The quantitative estimate of drug-likeness (QED) is 0.299. The average Bonchev–Trinajstić information content (AvgIpc) is 2.45. The Hall–Kier alpha value is -2.08. The third-order valence-corrected chi connectivity index (χ3v) is 3.69. The minimum atomic E-state index is -0.446. The van der Waals surface area contributed by atoms with Crippen LogP contribution in [0.25, 0.3) is 0 Å². The number of hydrogen-bond acceptors (Lipinski definition) is 3. The summed E-state index contributed by atoms with van der Waals surface area (Å²) in [5, 5.41) is 11.3. The first-order valence-electron chi connectivity index (χ1n) is 5.75. The van der Waals surface area contributed by atoms with Gasteiger partial charge in [0.1, 0.15) is 11.6 Å². The van der Waals surface area contributed by atoms with Crippen molar-refractivity contribution in [3.8, 4) is 0 Å². The standard InChI is InChI=1S/C14H12F2N2OS/c15-11-2-1-3-12(7-11)20-8-10-5-4-9(6-13(10)16)14(17)18-19/h1-7,19H,8H2,(H2,17,18). The van der Waals surface area contributed by atoms with E-state index >= 15 is 0 Å². The highest BCUT2D eigenvalue weighted by atomic mass is 32.2. The van der Waals surface area contributed by atoms with E-state index in [0.29, 0.717) is 16.9 Å². The molecular formula is C14H12F2N2OS. The molecule has 0 spiro atoms. The maximum Gasteiger partial charge on any atom is 0.170 e. The molecule has 0 unspecified atom stereocenters. The molecule has 0 radical (unpaired) electrons. The van der Waals surface area contributed by atoms with E-state index in [4.69, 9.17) is 10.9 Å². The van der Waals surface area contributed by atoms with E-state index in [-0.39, 0.29) is 11.7 Å². The Labute approximate surface area is 119 Å². The molecule has 0 heterocycles. The molecule has 3 nitrogen and oxygen atoms in total. The third kappa shape index (κ3) is 3.48. The van der Waals surface area contributed by atoms with Gasteiger partial charge in [-0.05, 0) is 29.8 Å². The largest absolute Gasteiger partial charge is 0.409 e. The molecule has 2 aromatic rings. The predicted octanol–water partition coefficient (Wildman–Crippen LogP) is 3.35. The van der Waals surface area contributed by atoms with Crippen molar-refractivity contribution in [1.82, 2.24) is 0 Å². The second-order valence-corrected chi connectivity index (χ2v) is 5.09. The fourth-order valence-electron chi connectivity index (χ4n) is 1.60. The van der Waals surface area contributed by atoms with Crippen LogP contribution >= 0.6 is 11.8 Å². The molecule has 0 aromatic heterocycles. The predicted molar refractivity (Wildman–Crippen MR) is 74.9 cm³/mol. The summed E-state index contributed by atoms with van der Waals surface area (Å²) in [4.78, 5) is 0.727. The van der Waals surface area contributed by atoms with Gasteiger partial charge in [-0.1, -0.05) is 23.4 Å². The average molecular weight is 294 g/mol. The molecule has 0 saturated carbocycles. The molecule has 2 aromatic carbocycles. The number of rotatable bonds is 4. The van der Waals surface area contributed by atoms with Gasteiger partial charge in [-0.15, -0.1) is 11.8 Å². The van der Waals surface area contributed by atoms with Crippen LogP contribution in [0.2, 0.25) is 0 Å². The molecule has 0 bridgehead atoms. The van der Waals surface area contributed by atoms with Crippen molar-refractivity contribution >= 4 is 17.6 Å². The van der Waals surface area contributed by atoms with E-state index in [1.807, 2.05) is 0 Å². The smallest absolute Gasteiger partial charge is 0.170 e. The summed E-state index contributed by atoms with van der Waals surface area (Å²) in [6.45, 7) is 0. The number of halogens is 2. The zero-order valence-corrected chi connectivity index (χ0v) is 11.2. The van der Waals surface area contributed by atoms with Gasteiger partial charge >= 0.3 is 0 Å². The van der Waals surface area contributed by atoms with Gasteiger partial charge in [0.05, 0.1) is 0 Å². The summed E-state index contributed by atoms with van der Waals surface area (Å²) in [6, 6.07) is 10.5. The number of hydrogen-bond donors (Lipinski definition) is 2. The van der Waals surface area contributed by atoms with Gasteiger partial charge in [-0.2, -0.15) is 0 Å². The van der Waals surface area contributed by atoms with Gasteiger partial charge in [-0.25, -0.2) is 8.78 Å². The molecule has 0 saturated heterocycles. The normalized spacial score (nSPS) is 11.6. The van der Waals surface area contributed by atoms with E-state index < -0.39 is 5.82 Å². The van der Waals surface area contributed by atoms with E-state index in [9.17, 15) is 8.78 Å². The van der Waals surface area contributed by atoms with Crippen LogP contribution in [0.4, 0.5) is 8.78 Å². The van der Waals surface area contributed by atoms with E-state index in [0.717, 1.165) is 4.90 Å². The van der Waals surface area contributed by atoms with Crippen molar-refractivity contribution in [3.05, 3.63) is 65.2 Å². The van der Waals surface area contributed by atoms with Crippen LogP contribution in [0.15, 0.2) is 52.5 Å². The summed E-state index contributed by atoms with van der Waals surface area (Å²) in [7, 11) is 0. The number of oxime groups is 1. The Morgan fingerprint density at radius 3 is 2.65 bits per heavy atom. The Morgan fingerprint density at radius 2 is 2.00 bits per heavy atom. The van der Waals surface area contributed by atoms with Crippen molar-refractivity contribution in [3.63, 3.8) is 0 Å². The topological polar surface area (TPSA) is 58.6 Å². The van der Waals surface area contributed by atoms with Gasteiger partial charge in [0, 0.05) is 16.2 Å². The number of nitrogens with zero attached hydrogens (tertiary/aromatic N) is 1. The lowest BCUT2D eigenvalue weighted by atomic mass is 10.1. The van der Waals surface area contributed by atoms with Gasteiger partial charge in [-0.3, -0.25) is 0 Å². The number of amidine groups is 1. The second-order valence-electron chi connectivity index (χ2n) is 4.04. The Kier molecular flexibility index (Phi) is 4.57. The Bertz CT molecular complexity index is 647. The molecule has 3 N–H and O–H groups in total.